The van der Waals surface area contributed by atoms with E-state index < -0.39 is 5.97 Å². The van der Waals surface area contributed by atoms with Gasteiger partial charge in [0.15, 0.2) is 0 Å². The van der Waals surface area contributed by atoms with Crippen LogP contribution in [0.4, 0.5) is 0 Å². The second-order valence-corrected chi connectivity index (χ2v) is 1.08. The zero-order chi connectivity index (χ0) is 6.41. The predicted molar refractivity (Wildman–Crippen MR) is 23.9 cm³/mol. The quantitative estimate of drug-likeness (QED) is 0.506. The lowest BCUT2D eigenvalue weighted by atomic mass is 10.5. The van der Waals surface area contributed by atoms with Crippen LogP contribution in [0.1, 0.15) is 6.42 Å². The van der Waals surface area contributed by atoms with Crippen LogP contribution < -0.4 is 0 Å². The molecule has 0 amide bonds. The molecule has 0 aliphatic heterocycles. The van der Waals surface area contributed by atoms with Gasteiger partial charge in [-0.1, -0.05) is 0 Å². The van der Waals surface area contributed by atoms with Crippen molar-refractivity contribution < 1.29 is 19.4 Å². The van der Waals surface area contributed by atoms with Crippen molar-refractivity contribution in [3.63, 3.8) is 0 Å². The van der Waals surface area contributed by atoms with Gasteiger partial charge in [-0.25, -0.2) is 4.79 Å². The van der Waals surface area contributed by atoms with E-state index >= 15 is 0 Å². The Bertz CT molecular complexity index is 88.0. The molecule has 0 aromatic rings. The standard InChI is InChI=1S/C4H5O4/c5-3-8-2-1-4(6)7/h1-2H2,(H,6,7). The van der Waals surface area contributed by atoms with Gasteiger partial charge in [0.25, 0.3) is 0 Å². The minimum atomic E-state index is -0.986. The van der Waals surface area contributed by atoms with Crippen LogP contribution in [0.5, 0.6) is 0 Å². The molecule has 0 spiro atoms. The van der Waals surface area contributed by atoms with Gasteiger partial charge in [0.1, 0.15) is 6.61 Å². The lowest BCUT2D eigenvalue weighted by Crippen LogP contribution is -2.00. The van der Waals surface area contributed by atoms with Crippen molar-refractivity contribution in [1.82, 2.24) is 0 Å². The molecule has 4 nitrogen and oxygen atoms in total. The SMILES string of the molecule is O=[C]OCCC(=O)O. The molecule has 0 fully saturated rings. The highest BCUT2D eigenvalue weighted by atomic mass is 16.5. The van der Waals surface area contributed by atoms with E-state index in [2.05, 4.69) is 4.74 Å². The van der Waals surface area contributed by atoms with Crippen LogP contribution in [-0.4, -0.2) is 24.2 Å². The number of hydrogen-bond donors (Lipinski definition) is 1. The second kappa shape index (κ2) is 4.11. The molecule has 0 heterocycles. The highest BCUT2D eigenvalue weighted by molar-refractivity contribution is 5.66. The van der Waals surface area contributed by atoms with Crippen molar-refractivity contribution in [1.29, 1.82) is 0 Å². The van der Waals surface area contributed by atoms with Crippen molar-refractivity contribution in [2.24, 2.45) is 0 Å². The summed E-state index contributed by atoms with van der Waals surface area (Å²) in [5, 5.41) is 7.93. The maximum Gasteiger partial charge on any atom is 0.417 e. The smallest absolute Gasteiger partial charge is 0.417 e. The maximum atomic E-state index is 9.66. The average Bonchev–Trinajstić information content (AvgIpc) is 1.66. The summed E-state index contributed by atoms with van der Waals surface area (Å²) in [6.07, 6.45) is -0.157. The van der Waals surface area contributed by atoms with E-state index in [9.17, 15) is 9.59 Å². The van der Waals surface area contributed by atoms with Gasteiger partial charge in [0, 0.05) is 0 Å². The van der Waals surface area contributed by atoms with Crippen molar-refractivity contribution in [2.45, 2.75) is 6.42 Å². The Morgan fingerprint density at radius 2 is 2.38 bits per heavy atom. The number of rotatable bonds is 4. The summed E-state index contributed by atoms with van der Waals surface area (Å²) in [6, 6.07) is 0. The van der Waals surface area contributed by atoms with Crippen LogP contribution in [-0.2, 0) is 14.3 Å². The maximum absolute atomic E-state index is 9.66. The molecule has 0 aliphatic carbocycles. The molecule has 0 aliphatic rings. The molecule has 8 heavy (non-hydrogen) atoms. The van der Waals surface area contributed by atoms with Crippen molar-refractivity contribution in [3.8, 4) is 0 Å². The first kappa shape index (κ1) is 6.94. The minimum Gasteiger partial charge on any atom is -0.481 e. The lowest BCUT2D eigenvalue weighted by Gasteiger charge is -1.88. The fraction of sp³-hybridized carbons (Fsp3) is 0.500. The van der Waals surface area contributed by atoms with E-state index in [4.69, 9.17) is 5.11 Å². The highest BCUT2D eigenvalue weighted by Crippen LogP contribution is 1.77. The van der Waals surface area contributed by atoms with E-state index in [1.54, 1.807) is 0 Å². The average molecular weight is 117 g/mol. The molecule has 0 rings (SSSR count). The number of ether oxygens (including phenoxy) is 1. The highest BCUT2D eigenvalue weighted by Gasteiger charge is 1.93. The van der Waals surface area contributed by atoms with E-state index in [1.165, 1.54) is 0 Å². The normalized spacial score (nSPS) is 8.00. The Morgan fingerprint density at radius 3 is 2.75 bits per heavy atom. The van der Waals surface area contributed by atoms with Crippen LogP contribution in [0.25, 0.3) is 0 Å². The lowest BCUT2D eigenvalue weighted by molar-refractivity contribution is -0.137. The van der Waals surface area contributed by atoms with Gasteiger partial charge >= 0.3 is 12.4 Å². The molecular weight excluding hydrogens is 112 g/mol. The number of carbonyl (C=O) groups excluding carboxylic acids is 1. The molecule has 1 N–H and O–H groups in total. The summed E-state index contributed by atoms with van der Waals surface area (Å²) >= 11 is 0. The first-order chi connectivity index (χ1) is 3.77. The van der Waals surface area contributed by atoms with Crippen LogP contribution in [0.2, 0.25) is 0 Å². The molecule has 0 unspecified atom stereocenters. The molecule has 0 atom stereocenters. The summed E-state index contributed by atoms with van der Waals surface area (Å²) in [6.45, 7) is 1.01. The molecule has 4 heteroatoms. The molecule has 0 saturated heterocycles. The van der Waals surface area contributed by atoms with Gasteiger partial charge in [-0.05, 0) is 0 Å². The Kier molecular flexibility index (Phi) is 3.56. The summed E-state index contributed by atoms with van der Waals surface area (Å²) in [4.78, 5) is 18.9. The minimum absolute atomic E-state index is 0.0984. The third-order valence-electron chi connectivity index (χ3n) is 0.477. The number of carboxylic acids is 1. The van der Waals surface area contributed by atoms with Crippen LogP contribution in [0, 0.1) is 0 Å². The largest absolute Gasteiger partial charge is 0.481 e. The van der Waals surface area contributed by atoms with E-state index in [0.717, 1.165) is 6.47 Å². The van der Waals surface area contributed by atoms with Gasteiger partial charge in [-0.15, -0.1) is 0 Å². The summed E-state index contributed by atoms with van der Waals surface area (Å²) in [5.41, 5.74) is 0. The Morgan fingerprint density at radius 1 is 1.75 bits per heavy atom. The molecule has 0 bridgehead atoms. The first-order valence-electron chi connectivity index (χ1n) is 1.98. The molecule has 0 aromatic heterocycles. The molecule has 45 valence electrons. The summed E-state index contributed by atoms with van der Waals surface area (Å²) in [7, 11) is 0. The molecule has 0 saturated carbocycles. The van der Waals surface area contributed by atoms with Crippen molar-refractivity contribution >= 4 is 12.4 Å². The zero-order valence-electron chi connectivity index (χ0n) is 4.09. The van der Waals surface area contributed by atoms with Gasteiger partial charge in [0.05, 0.1) is 6.42 Å². The predicted octanol–water partition coefficient (Wildman–Crippen LogP) is -0.455. The molecular formula is C4H5O4. The van der Waals surface area contributed by atoms with Gasteiger partial charge in [-0.3, -0.25) is 4.79 Å². The van der Waals surface area contributed by atoms with Crippen LogP contribution in [0.15, 0.2) is 0 Å². The Balaban J connectivity index is 2.93. The Labute approximate surface area is 46.1 Å². The van der Waals surface area contributed by atoms with Crippen LogP contribution in [0.3, 0.4) is 0 Å². The van der Waals surface area contributed by atoms with Gasteiger partial charge in [-0.2, -0.15) is 0 Å². The first-order valence-corrected chi connectivity index (χ1v) is 1.98. The summed E-state index contributed by atoms with van der Waals surface area (Å²) in [5.74, 6) is -0.986. The second-order valence-electron chi connectivity index (χ2n) is 1.08. The topological polar surface area (TPSA) is 63.6 Å². The number of aliphatic carboxylic acids is 1. The monoisotopic (exact) mass is 117 g/mol. The number of hydrogen-bond acceptors (Lipinski definition) is 3. The number of carboxylic acid groups (broad SMARTS) is 1. The van der Waals surface area contributed by atoms with E-state index in [-0.39, 0.29) is 13.0 Å². The molecule has 1 radical (unpaired) electrons. The number of carbonyl (C=O) groups is 1. The third kappa shape index (κ3) is 4.94. The van der Waals surface area contributed by atoms with E-state index in [0.29, 0.717) is 0 Å². The molecule has 0 aromatic carbocycles. The third-order valence-corrected chi connectivity index (χ3v) is 0.477. The van der Waals surface area contributed by atoms with Crippen molar-refractivity contribution in [3.05, 3.63) is 0 Å². The van der Waals surface area contributed by atoms with Gasteiger partial charge in [0.2, 0.25) is 0 Å². The Hall–Kier alpha value is -1.06. The zero-order valence-corrected chi connectivity index (χ0v) is 4.09. The fourth-order valence-electron chi connectivity index (χ4n) is 0.180. The van der Waals surface area contributed by atoms with Crippen molar-refractivity contribution in [2.75, 3.05) is 6.61 Å². The van der Waals surface area contributed by atoms with E-state index in [1.807, 2.05) is 0 Å². The summed E-state index contributed by atoms with van der Waals surface area (Å²) < 4.78 is 3.96. The fourth-order valence-corrected chi connectivity index (χ4v) is 0.180. The van der Waals surface area contributed by atoms with Crippen LogP contribution >= 0.6 is 0 Å². The van der Waals surface area contributed by atoms with Gasteiger partial charge < -0.3 is 9.84 Å².